The van der Waals surface area contributed by atoms with Crippen molar-refractivity contribution in [3.63, 3.8) is 0 Å². The summed E-state index contributed by atoms with van der Waals surface area (Å²) >= 11 is 1.30. The zero-order valence-corrected chi connectivity index (χ0v) is 20.7. The van der Waals surface area contributed by atoms with Crippen LogP contribution in [0.5, 0.6) is 0 Å². The van der Waals surface area contributed by atoms with Crippen LogP contribution in [-0.4, -0.2) is 61.9 Å². The molecule has 1 saturated heterocycles. The number of fused-ring (bicyclic) bond motifs is 2. The molecular weight excluding hydrogens is 465 g/mol. The molecule has 0 radical (unpaired) electrons. The number of carbonyl (C=O) groups is 1. The molecule has 10 heteroatoms. The number of hydrogen-bond donors (Lipinski definition) is 0. The Bertz CT molecular complexity index is 1270. The number of halogens is 3. The molecular formula is C24H28F3N4O2S+. The van der Waals surface area contributed by atoms with Gasteiger partial charge in [0.05, 0.1) is 26.4 Å². The van der Waals surface area contributed by atoms with Crippen LogP contribution in [-0.2, 0) is 10.9 Å². The molecule has 0 atom stereocenters. The van der Waals surface area contributed by atoms with Crippen LogP contribution in [0.25, 0.3) is 20.8 Å². The fourth-order valence-electron chi connectivity index (χ4n) is 3.85. The molecule has 1 fully saturated rings. The first kappa shape index (κ1) is 24.3. The molecule has 0 bridgehead atoms. The summed E-state index contributed by atoms with van der Waals surface area (Å²) in [6.07, 6.45) is -4.94. The molecule has 0 saturated carbocycles. The first-order chi connectivity index (χ1) is 15.8. The van der Waals surface area contributed by atoms with E-state index in [-0.39, 0.29) is 5.52 Å². The van der Waals surface area contributed by atoms with Gasteiger partial charge in [0.2, 0.25) is 5.36 Å². The van der Waals surface area contributed by atoms with E-state index in [0.717, 1.165) is 10.2 Å². The van der Waals surface area contributed by atoms with Gasteiger partial charge >= 0.3 is 12.3 Å². The third kappa shape index (κ3) is 5.11. The lowest BCUT2D eigenvalue weighted by atomic mass is 10.1. The number of rotatable bonds is 1. The number of ether oxygens (including phenoxy) is 1. The molecule has 1 amide bonds. The maximum atomic E-state index is 14.0. The van der Waals surface area contributed by atoms with Crippen molar-refractivity contribution in [1.29, 1.82) is 0 Å². The number of alkyl halides is 3. The smallest absolute Gasteiger partial charge is 0.418 e. The predicted molar refractivity (Wildman–Crippen MR) is 128 cm³/mol. The highest BCUT2D eigenvalue weighted by molar-refractivity contribution is 7.21. The van der Waals surface area contributed by atoms with Gasteiger partial charge < -0.3 is 14.5 Å². The number of nitrogens with zero attached hydrogens (tertiary/aromatic N) is 4. The topological polar surface area (TPSA) is 48.7 Å². The van der Waals surface area contributed by atoms with E-state index in [0.29, 0.717) is 42.3 Å². The summed E-state index contributed by atoms with van der Waals surface area (Å²) in [7, 11) is 3.83. The van der Waals surface area contributed by atoms with Gasteiger partial charge in [-0.3, -0.25) is 0 Å². The number of anilines is 1. The van der Waals surface area contributed by atoms with E-state index in [2.05, 4.69) is 4.98 Å². The Hall–Kier alpha value is -2.88. The van der Waals surface area contributed by atoms with E-state index in [9.17, 15) is 18.0 Å². The SMILES string of the molecule is C[N+](C)=c1ccc2nc3c(C(F)(F)F)cc(N4CCN(C(=O)OC(C)(C)C)CC4)cc3sc-2c1. The van der Waals surface area contributed by atoms with E-state index in [1.807, 2.05) is 35.7 Å². The van der Waals surface area contributed by atoms with Crippen LogP contribution in [0.1, 0.15) is 26.3 Å². The van der Waals surface area contributed by atoms with Crippen LogP contribution in [0.4, 0.5) is 23.7 Å². The molecule has 2 aliphatic heterocycles. The van der Waals surface area contributed by atoms with Crippen LogP contribution in [0.3, 0.4) is 0 Å². The normalized spacial score (nSPS) is 15.2. The Labute approximate surface area is 200 Å². The van der Waals surface area contributed by atoms with Crippen molar-refractivity contribution in [3.8, 4) is 10.6 Å². The molecule has 2 heterocycles. The summed E-state index contributed by atoms with van der Waals surface area (Å²) in [6, 6.07) is 8.48. The van der Waals surface area contributed by atoms with Crippen molar-refractivity contribution in [1.82, 2.24) is 14.5 Å². The molecule has 1 aromatic rings. The van der Waals surface area contributed by atoms with Crippen molar-refractivity contribution in [2.45, 2.75) is 32.5 Å². The molecule has 0 spiro atoms. The quantitative estimate of drug-likeness (QED) is 0.370. The number of hydrogen-bond acceptors (Lipinski definition) is 5. The van der Waals surface area contributed by atoms with Crippen LogP contribution < -0.4 is 14.8 Å². The van der Waals surface area contributed by atoms with Crippen molar-refractivity contribution in [2.75, 3.05) is 45.2 Å². The number of amides is 1. The number of benzene rings is 2. The molecule has 4 rings (SSSR count). The Morgan fingerprint density at radius 3 is 2.32 bits per heavy atom. The molecule has 0 aromatic heterocycles. The van der Waals surface area contributed by atoms with Gasteiger partial charge in [-0.2, -0.15) is 13.2 Å². The molecule has 0 N–H and O–H groups in total. The van der Waals surface area contributed by atoms with Crippen LogP contribution >= 0.6 is 11.3 Å². The van der Waals surface area contributed by atoms with Crippen LogP contribution in [0.2, 0.25) is 0 Å². The van der Waals surface area contributed by atoms with Gasteiger partial charge in [0.25, 0.3) is 0 Å². The van der Waals surface area contributed by atoms with Gasteiger partial charge in [0.15, 0.2) is 0 Å². The molecule has 1 aliphatic carbocycles. The monoisotopic (exact) mass is 493 g/mol. The molecule has 3 aliphatic rings. The van der Waals surface area contributed by atoms with Gasteiger partial charge in [-0.25, -0.2) is 14.4 Å². The van der Waals surface area contributed by atoms with Crippen molar-refractivity contribution in [2.24, 2.45) is 0 Å². The van der Waals surface area contributed by atoms with Crippen LogP contribution in [0.15, 0.2) is 30.3 Å². The lowest BCUT2D eigenvalue weighted by Crippen LogP contribution is -2.50. The molecule has 34 heavy (non-hydrogen) atoms. The third-order valence-electron chi connectivity index (χ3n) is 5.57. The molecule has 1 aromatic carbocycles. The summed E-state index contributed by atoms with van der Waals surface area (Å²) < 4.78 is 49.9. The van der Waals surface area contributed by atoms with E-state index in [4.69, 9.17) is 4.74 Å². The van der Waals surface area contributed by atoms with E-state index in [1.54, 1.807) is 37.8 Å². The standard InChI is InChI=1S/C24H28F3N4O2S/c1-23(2,3)33-22(32)31-10-8-30(9-11-31)16-12-17(24(25,26)27)21-20(14-16)34-19-13-15(29(4)5)6-7-18(19)28-21/h6-7,12-14H,8-11H2,1-5H3/q+1. The zero-order valence-electron chi connectivity index (χ0n) is 19.9. The highest BCUT2D eigenvalue weighted by atomic mass is 32.1. The fraction of sp³-hybridized carbons (Fsp3) is 0.458. The summed E-state index contributed by atoms with van der Waals surface area (Å²) in [6.45, 7) is 6.98. The average Bonchev–Trinajstić information content (AvgIpc) is 2.74. The Morgan fingerprint density at radius 1 is 1.06 bits per heavy atom. The predicted octanol–water partition coefficient (Wildman–Crippen LogP) is 4.51. The lowest BCUT2D eigenvalue weighted by molar-refractivity contribution is -0.136. The van der Waals surface area contributed by atoms with E-state index >= 15 is 0 Å². The first-order valence-electron chi connectivity index (χ1n) is 11.0. The molecule has 182 valence electrons. The lowest BCUT2D eigenvalue weighted by Gasteiger charge is -2.37. The first-order valence-corrected chi connectivity index (χ1v) is 11.8. The zero-order chi connectivity index (χ0) is 24.8. The van der Waals surface area contributed by atoms with Gasteiger partial charge in [-0.05, 0) is 39.0 Å². The summed E-state index contributed by atoms with van der Waals surface area (Å²) in [4.78, 5) is 21.0. The summed E-state index contributed by atoms with van der Waals surface area (Å²) in [5.41, 5.74) is -0.377. The van der Waals surface area contributed by atoms with Gasteiger partial charge in [-0.15, -0.1) is 11.3 Å². The molecule has 6 nitrogen and oxygen atoms in total. The second-order valence-electron chi connectivity index (χ2n) is 9.55. The second-order valence-corrected chi connectivity index (χ2v) is 10.6. The van der Waals surface area contributed by atoms with Crippen molar-refractivity contribution in [3.05, 3.63) is 41.3 Å². The van der Waals surface area contributed by atoms with Gasteiger partial charge in [0, 0.05) is 44.0 Å². The summed E-state index contributed by atoms with van der Waals surface area (Å²) in [5, 5.41) is 0.954. The largest absolute Gasteiger partial charge is 0.444 e. The maximum absolute atomic E-state index is 14.0. The molecule has 0 unspecified atom stereocenters. The van der Waals surface area contributed by atoms with Crippen molar-refractivity contribution >= 4 is 33.3 Å². The fourth-order valence-corrected chi connectivity index (χ4v) is 4.92. The summed E-state index contributed by atoms with van der Waals surface area (Å²) in [5.74, 6) is 0. The Balaban J connectivity index is 1.71. The Morgan fingerprint density at radius 2 is 1.74 bits per heavy atom. The minimum absolute atomic E-state index is 0.0428. The van der Waals surface area contributed by atoms with Gasteiger partial charge in [-0.1, -0.05) is 0 Å². The minimum Gasteiger partial charge on any atom is -0.444 e. The highest BCUT2D eigenvalue weighted by Gasteiger charge is 2.35. The highest BCUT2D eigenvalue weighted by Crippen LogP contribution is 2.41. The number of carbonyl (C=O) groups excluding carboxylic acids is 1. The van der Waals surface area contributed by atoms with Crippen LogP contribution in [0, 0.1) is 0 Å². The Kier molecular flexibility index (Phi) is 6.22. The van der Waals surface area contributed by atoms with E-state index < -0.39 is 23.4 Å². The van der Waals surface area contributed by atoms with Crippen molar-refractivity contribution < 1.29 is 22.7 Å². The second kappa shape index (κ2) is 8.72. The van der Waals surface area contributed by atoms with Gasteiger partial charge in [0.1, 0.15) is 19.7 Å². The number of aromatic nitrogens is 1. The third-order valence-corrected chi connectivity index (χ3v) is 6.65. The maximum Gasteiger partial charge on any atom is 0.418 e. The van der Waals surface area contributed by atoms with E-state index in [1.165, 1.54) is 17.4 Å². The minimum atomic E-state index is -4.54. The number of piperazine rings is 1. The average molecular weight is 494 g/mol.